The Hall–Kier alpha value is -0.970. The van der Waals surface area contributed by atoms with Crippen molar-refractivity contribution in [3.05, 3.63) is 54.5 Å². The molecule has 0 saturated carbocycles. The largest absolute Gasteiger partial charge is 0.292 e. The van der Waals surface area contributed by atoms with Crippen molar-refractivity contribution in [2.24, 2.45) is 0 Å². The number of halogens is 3. The molecule has 2 nitrogen and oxygen atoms in total. The number of benzene rings is 1. The number of ketones is 1. The van der Waals surface area contributed by atoms with E-state index in [0.717, 1.165) is 8.95 Å². The van der Waals surface area contributed by atoms with Gasteiger partial charge in [-0.2, -0.15) is 5.26 Å². The van der Waals surface area contributed by atoms with Gasteiger partial charge in [0.15, 0.2) is 5.78 Å². The average Bonchev–Trinajstić information content (AvgIpc) is 2.79. The fraction of sp³-hybridized carbons (Fsp3) is 0.0769. The predicted octanol–water partition coefficient (Wildman–Crippen LogP) is 4.64. The van der Waals surface area contributed by atoms with Crippen LogP contribution >= 0.6 is 45.5 Å². The summed E-state index contributed by atoms with van der Waals surface area (Å²) < 4.78 is 14.0. The maximum atomic E-state index is 13.0. The Balaban J connectivity index is 2.40. The summed E-state index contributed by atoms with van der Waals surface area (Å²) in [5, 5.41) is 11.0. The molecule has 0 amide bonds. The highest BCUT2D eigenvalue weighted by atomic mass is 127. The van der Waals surface area contributed by atoms with Gasteiger partial charge in [-0.1, -0.05) is 17.7 Å². The molecule has 0 radical (unpaired) electrons. The van der Waals surface area contributed by atoms with Gasteiger partial charge in [0.1, 0.15) is 11.7 Å². The molecule has 0 aliphatic carbocycles. The molecule has 2 aromatic rings. The van der Waals surface area contributed by atoms with Gasteiger partial charge in [-0.15, -0.1) is 11.3 Å². The minimum atomic E-state index is -1.02. The van der Waals surface area contributed by atoms with Crippen LogP contribution in [0.4, 0.5) is 4.39 Å². The Morgan fingerprint density at radius 3 is 2.74 bits per heavy atom. The van der Waals surface area contributed by atoms with E-state index >= 15 is 0 Å². The summed E-state index contributed by atoms with van der Waals surface area (Å²) in [6.45, 7) is 0. The normalized spacial score (nSPS) is 11.9. The number of hydrogen-bond acceptors (Lipinski definition) is 3. The van der Waals surface area contributed by atoms with E-state index in [1.54, 1.807) is 11.4 Å². The number of nitrogens with zero attached hydrogens (tertiary/aromatic N) is 1. The van der Waals surface area contributed by atoms with Gasteiger partial charge in [-0.3, -0.25) is 4.79 Å². The summed E-state index contributed by atoms with van der Waals surface area (Å²) in [7, 11) is 0. The standard InChI is InChI=1S/C13H6ClFINOS/c14-11-4-8(15)1-2-9(11)10(5-17)13(18)7-3-12(16)19-6-7/h1-4,6,10H. The Kier molecular flexibility index (Phi) is 4.55. The molecule has 96 valence electrons. The number of carbonyl (C=O) groups excluding carboxylic acids is 1. The Labute approximate surface area is 132 Å². The fourth-order valence-electron chi connectivity index (χ4n) is 1.61. The van der Waals surface area contributed by atoms with Crippen LogP contribution in [-0.2, 0) is 0 Å². The molecule has 0 N–H and O–H groups in total. The molecule has 0 saturated heterocycles. The lowest BCUT2D eigenvalue weighted by Gasteiger charge is -2.09. The molecule has 1 unspecified atom stereocenters. The smallest absolute Gasteiger partial charge is 0.185 e. The van der Waals surface area contributed by atoms with Crippen LogP contribution < -0.4 is 0 Å². The number of carbonyl (C=O) groups is 1. The fourth-order valence-corrected chi connectivity index (χ4v) is 3.22. The van der Waals surface area contributed by atoms with Crippen molar-refractivity contribution in [3.63, 3.8) is 0 Å². The van der Waals surface area contributed by atoms with Crippen molar-refractivity contribution < 1.29 is 9.18 Å². The van der Waals surface area contributed by atoms with Gasteiger partial charge in [-0.05, 0) is 46.4 Å². The Morgan fingerprint density at radius 1 is 1.47 bits per heavy atom. The average molecular weight is 406 g/mol. The molecule has 0 spiro atoms. The third-order valence-electron chi connectivity index (χ3n) is 2.52. The second-order valence-corrected chi connectivity index (χ2v) is 6.94. The van der Waals surface area contributed by atoms with E-state index < -0.39 is 11.7 Å². The van der Waals surface area contributed by atoms with Crippen molar-refractivity contribution in [1.82, 2.24) is 0 Å². The first kappa shape index (κ1) is 14.4. The summed E-state index contributed by atoms with van der Waals surface area (Å²) in [5.74, 6) is -1.84. The number of nitriles is 1. The van der Waals surface area contributed by atoms with E-state index in [9.17, 15) is 14.4 Å². The van der Waals surface area contributed by atoms with Crippen molar-refractivity contribution in [2.75, 3.05) is 0 Å². The van der Waals surface area contributed by atoms with Gasteiger partial charge in [0, 0.05) is 16.0 Å². The van der Waals surface area contributed by atoms with Crippen LogP contribution in [0.25, 0.3) is 0 Å². The highest BCUT2D eigenvalue weighted by Gasteiger charge is 2.24. The van der Waals surface area contributed by atoms with Crippen LogP contribution in [-0.4, -0.2) is 5.78 Å². The number of rotatable bonds is 3. The van der Waals surface area contributed by atoms with Crippen LogP contribution in [0.1, 0.15) is 21.8 Å². The van der Waals surface area contributed by atoms with Gasteiger partial charge < -0.3 is 0 Å². The first-order valence-electron chi connectivity index (χ1n) is 5.15. The molecule has 1 aromatic heterocycles. The molecule has 1 aromatic carbocycles. The van der Waals surface area contributed by atoms with Gasteiger partial charge in [0.05, 0.1) is 8.95 Å². The zero-order valence-electron chi connectivity index (χ0n) is 9.36. The Bertz CT molecular complexity index is 680. The minimum absolute atomic E-state index is 0.0878. The van der Waals surface area contributed by atoms with Gasteiger partial charge in [0.2, 0.25) is 0 Å². The molecule has 0 aliphatic heterocycles. The number of Topliss-reactive ketones (excluding diaryl/α,β-unsaturated/α-hetero) is 1. The molecule has 6 heteroatoms. The highest BCUT2D eigenvalue weighted by molar-refractivity contribution is 14.1. The molecule has 0 aliphatic rings. The molecule has 1 heterocycles. The summed E-state index contributed by atoms with van der Waals surface area (Å²) in [6, 6.07) is 7.32. The molecule has 19 heavy (non-hydrogen) atoms. The molecule has 0 fully saturated rings. The Morgan fingerprint density at radius 2 is 2.21 bits per heavy atom. The summed E-state index contributed by atoms with van der Waals surface area (Å²) in [4.78, 5) is 12.3. The van der Waals surface area contributed by atoms with E-state index in [-0.39, 0.29) is 10.8 Å². The van der Waals surface area contributed by atoms with Crippen molar-refractivity contribution >= 4 is 51.3 Å². The van der Waals surface area contributed by atoms with Crippen molar-refractivity contribution in [1.29, 1.82) is 5.26 Å². The molecule has 1 atom stereocenters. The van der Waals surface area contributed by atoms with Crippen LogP contribution in [0, 0.1) is 20.0 Å². The monoisotopic (exact) mass is 405 g/mol. The third-order valence-corrected chi connectivity index (χ3v) is 4.63. The molecule has 0 bridgehead atoms. The highest BCUT2D eigenvalue weighted by Crippen LogP contribution is 2.29. The van der Waals surface area contributed by atoms with E-state index in [4.69, 9.17) is 11.6 Å². The minimum Gasteiger partial charge on any atom is -0.292 e. The van der Waals surface area contributed by atoms with Crippen LogP contribution in [0.15, 0.2) is 29.6 Å². The third kappa shape index (κ3) is 3.14. The van der Waals surface area contributed by atoms with E-state index in [2.05, 4.69) is 22.6 Å². The molecular weight excluding hydrogens is 400 g/mol. The quantitative estimate of drug-likeness (QED) is 0.551. The van der Waals surface area contributed by atoms with Gasteiger partial charge in [-0.25, -0.2) is 4.39 Å². The summed E-state index contributed by atoms with van der Waals surface area (Å²) in [5.41, 5.74) is 0.804. The van der Waals surface area contributed by atoms with Crippen LogP contribution in [0.2, 0.25) is 5.02 Å². The lowest BCUT2D eigenvalue weighted by atomic mass is 9.93. The van der Waals surface area contributed by atoms with E-state index in [0.29, 0.717) is 11.1 Å². The van der Waals surface area contributed by atoms with Crippen LogP contribution in [0.3, 0.4) is 0 Å². The van der Waals surface area contributed by atoms with Crippen molar-refractivity contribution in [2.45, 2.75) is 5.92 Å². The van der Waals surface area contributed by atoms with Gasteiger partial charge >= 0.3 is 0 Å². The SMILES string of the molecule is N#CC(C(=O)c1csc(I)c1)c1ccc(F)cc1Cl. The van der Waals surface area contributed by atoms with Crippen LogP contribution in [0.5, 0.6) is 0 Å². The number of hydrogen-bond donors (Lipinski definition) is 0. The maximum absolute atomic E-state index is 13.0. The second-order valence-electron chi connectivity index (χ2n) is 3.73. The topological polar surface area (TPSA) is 40.9 Å². The lowest BCUT2D eigenvalue weighted by Crippen LogP contribution is -2.11. The second kappa shape index (κ2) is 5.99. The first-order valence-corrected chi connectivity index (χ1v) is 7.49. The summed E-state index contributed by atoms with van der Waals surface area (Å²) in [6.07, 6.45) is 0. The first-order chi connectivity index (χ1) is 9.02. The molecular formula is C13H6ClFINOS. The number of thiophene rings is 1. The van der Waals surface area contributed by atoms with E-state index in [1.807, 2.05) is 6.07 Å². The van der Waals surface area contributed by atoms with Crippen molar-refractivity contribution in [3.8, 4) is 6.07 Å². The predicted molar refractivity (Wildman–Crippen MR) is 81.1 cm³/mol. The zero-order valence-corrected chi connectivity index (χ0v) is 13.1. The van der Waals surface area contributed by atoms with Gasteiger partial charge in [0.25, 0.3) is 0 Å². The molecule has 2 rings (SSSR count). The maximum Gasteiger partial charge on any atom is 0.185 e. The lowest BCUT2D eigenvalue weighted by molar-refractivity contribution is 0.0979. The van der Waals surface area contributed by atoms with E-state index in [1.165, 1.54) is 23.5 Å². The summed E-state index contributed by atoms with van der Waals surface area (Å²) >= 11 is 9.43. The zero-order chi connectivity index (χ0) is 14.0.